The molecule has 3 rings (SSSR count). The minimum atomic E-state index is -3.64. The van der Waals surface area contributed by atoms with Crippen LogP contribution in [0.4, 0.5) is 0 Å². The van der Waals surface area contributed by atoms with E-state index < -0.39 is 10.0 Å². The van der Waals surface area contributed by atoms with E-state index in [2.05, 4.69) is 9.82 Å². The first-order valence-corrected chi connectivity index (χ1v) is 10.4. The van der Waals surface area contributed by atoms with Crippen molar-refractivity contribution >= 4 is 21.8 Å². The van der Waals surface area contributed by atoms with Crippen molar-refractivity contribution in [1.82, 2.24) is 14.5 Å². The summed E-state index contributed by atoms with van der Waals surface area (Å²) in [7, 11) is -1.84. The summed E-state index contributed by atoms with van der Waals surface area (Å²) in [4.78, 5) is 1.26. The standard InChI is InChI=1S/C16H21N3O3S2/c1-19-10-12(9-17-19)16(11-7-13(20)8-11)18-24(21,22)15-5-3-14(23-2)4-6-15/h3-6,9-11,13,16,18,20H,7-8H2,1-2H3. The molecule has 24 heavy (non-hydrogen) atoms. The quantitative estimate of drug-likeness (QED) is 0.762. The SMILES string of the molecule is CSc1ccc(S(=O)(=O)NC(c2cnn(C)c2)C2CC(O)C2)cc1. The second-order valence-electron chi connectivity index (χ2n) is 6.11. The Morgan fingerprint density at radius 3 is 2.50 bits per heavy atom. The molecule has 130 valence electrons. The van der Waals surface area contributed by atoms with E-state index in [1.54, 1.807) is 54.0 Å². The zero-order valence-corrected chi connectivity index (χ0v) is 15.2. The smallest absolute Gasteiger partial charge is 0.241 e. The average molecular weight is 367 g/mol. The van der Waals surface area contributed by atoms with E-state index in [0.29, 0.717) is 12.8 Å². The molecule has 0 saturated heterocycles. The molecule has 0 spiro atoms. The number of aliphatic hydroxyl groups is 1. The van der Waals surface area contributed by atoms with Crippen molar-refractivity contribution in [3.63, 3.8) is 0 Å². The van der Waals surface area contributed by atoms with Gasteiger partial charge in [-0.1, -0.05) is 0 Å². The van der Waals surface area contributed by atoms with Crippen LogP contribution < -0.4 is 4.72 Å². The van der Waals surface area contributed by atoms with E-state index in [4.69, 9.17) is 0 Å². The summed E-state index contributed by atoms with van der Waals surface area (Å²) in [6.07, 6.45) is 6.27. The van der Waals surface area contributed by atoms with Gasteiger partial charge >= 0.3 is 0 Å². The molecule has 0 bridgehead atoms. The van der Waals surface area contributed by atoms with E-state index >= 15 is 0 Å². The van der Waals surface area contributed by atoms with Gasteiger partial charge in [0.15, 0.2) is 0 Å². The van der Waals surface area contributed by atoms with Crippen LogP contribution in [-0.2, 0) is 17.1 Å². The molecule has 1 fully saturated rings. The molecule has 1 saturated carbocycles. The number of thioether (sulfide) groups is 1. The molecular formula is C16H21N3O3S2. The van der Waals surface area contributed by atoms with Crippen molar-refractivity contribution in [1.29, 1.82) is 0 Å². The zero-order chi connectivity index (χ0) is 17.3. The number of aryl methyl sites for hydroxylation is 1. The van der Waals surface area contributed by atoms with Crippen LogP contribution in [0.3, 0.4) is 0 Å². The van der Waals surface area contributed by atoms with Crippen molar-refractivity contribution < 1.29 is 13.5 Å². The van der Waals surface area contributed by atoms with Crippen LogP contribution in [0.2, 0.25) is 0 Å². The monoisotopic (exact) mass is 367 g/mol. The Morgan fingerprint density at radius 2 is 2.00 bits per heavy atom. The highest BCUT2D eigenvalue weighted by Gasteiger charge is 2.37. The summed E-state index contributed by atoms with van der Waals surface area (Å²) in [5.41, 5.74) is 0.818. The summed E-state index contributed by atoms with van der Waals surface area (Å²) in [6.45, 7) is 0. The number of sulfonamides is 1. The molecule has 6 nitrogen and oxygen atoms in total. The van der Waals surface area contributed by atoms with Crippen LogP contribution in [0.15, 0.2) is 46.5 Å². The lowest BCUT2D eigenvalue weighted by Crippen LogP contribution is -2.41. The summed E-state index contributed by atoms with van der Waals surface area (Å²) in [5.74, 6) is 0.0736. The number of aliphatic hydroxyl groups excluding tert-OH is 1. The number of aromatic nitrogens is 2. The molecular weight excluding hydrogens is 346 g/mol. The number of nitrogens with one attached hydrogen (secondary N) is 1. The lowest BCUT2D eigenvalue weighted by molar-refractivity contribution is 0.0280. The van der Waals surface area contributed by atoms with Gasteiger partial charge in [0.1, 0.15) is 0 Å². The van der Waals surface area contributed by atoms with Gasteiger partial charge in [-0.25, -0.2) is 13.1 Å². The molecule has 0 amide bonds. The van der Waals surface area contributed by atoms with Gasteiger partial charge in [0.2, 0.25) is 10.0 Å². The van der Waals surface area contributed by atoms with Crippen LogP contribution in [0.1, 0.15) is 24.4 Å². The molecule has 8 heteroatoms. The van der Waals surface area contributed by atoms with Gasteiger partial charge in [0, 0.05) is 23.7 Å². The Bertz CT molecular complexity index is 796. The Morgan fingerprint density at radius 1 is 1.33 bits per heavy atom. The minimum Gasteiger partial charge on any atom is -0.393 e. The third kappa shape index (κ3) is 3.66. The summed E-state index contributed by atoms with van der Waals surface area (Å²) >= 11 is 1.57. The van der Waals surface area contributed by atoms with Crippen LogP contribution >= 0.6 is 11.8 Å². The topological polar surface area (TPSA) is 84.2 Å². The minimum absolute atomic E-state index is 0.0736. The van der Waals surface area contributed by atoms with E-state index in [1.165, 1.54) is 0 Å². The van der Waals surface area contributed by atoms with E-state index in [1.807, 2.05) is 12.5 Å². The number of nitrogens with zero attached hydrogens (tertiary/aromatic N) is 2. The average Bonchev–Trinajstić information content (AvgIpc) is 2.96. The molecule has 1 aromatic heterocycles. The van der Waals surface area contributed by atoms with Crippen molar-refractivity contribution in [3.8, 4) is 0 Å². The van der Waals surface area contributed by atoms with Crippen LogP contribution in [0.5, 0.6) is 0 Å². The second-order valence-corrected chi connectivity index (χ2v) is 8.70. The highest BCUT2D eigenvalue weighted by Crippen LogP contribution is 2.38. The maximum Gasteiger partial charge on any atom is 0.241 e. The number of hydrogen-bond acceptors (Lipinski definition) is 5. The lowest BCUT2D eigenvalue weighted by Gasteiger charge is -2.37. The third-order valence-corrected chi connectivity index (χ3v) is 6.56. The molecule has 1 unspecified atom stereocenters. The van der Waals surface area contributed by atoms with E-state index in [-0.39, 0.29) is 23.0 Å². The first kappa shape index (κ1) is 17.5. The van der Waals surface area contributed by atoms with Crippen LogP contribution in [0, 0.1) is 5.92 Å². The Kier molecular flexibility index (Phi) is 5.00. The van der Waals surface area contributed by atoms with Crippen LogP contribution in [-0.4, -0.2) is 35.7 Å². The summed E-state index contributed by atoms with van der Waals surface area (Å²) in [6, 6.07) is 6.44. The zero-order valence-electron chi connectivity index (χ0n) is 13.6. The molecule has 0 radical (unpaired) electrons. The Balaban J connectivity index is 1.85. The lowest BCUT2D eigenvalue weighted by atomic mass is 9.76. The number of benzene rings is 1. The van der Waals surface area contributed by atoms with Gasteiger partial charge in [-0.05, 0) is 49.3 Å². The molecule has 0 aliphatic heterocycles. The van der Waals surface area contributed by atoms with Crippen molar-refractivity contribution in [2.24, 2.45) is 13.0 Å². The first-order chi connectivity index (χ1) is 11.4. The fraction of sp³-hybridized carbons (Fsp3) is 0.438. The fourth-order valence-electron chi connectivity index (χ4n) is 2.93. The van der Waals surface area contributed by atoms with Crippen molar-refractivity contribution in [2.45, 2.75) is 34.8 Å². The maximum atomic E-state index is 12.7. The molecule has 1 aromatic carbocycles. The predicted octanol–water partition coefficient (Wildman–Crippen LogP) is 1.93. The molecule has 2 aromatic rings. The number of rotatable bonds is 6. The Hall–Kier alpha value is -1.35. The van der Waals surface area contributed by atoms with E-state index in [9.17, 15) is 13.5 Å². The van der Waals surface area contributed by atoms with Gasteiger partial charge in [-0.15, -0.1) is 11.8 Å². The highest BCUT2D eigenvalue weighted by atomic mass is 32.2. The maximum absolute atomic E-state index is 12.7. The van der Waals surface area contributed by atoms with Crippen molar-refractivity contribution in [3.05, 3.63) is 42.2 Å². The van der Waals surface area contributed by atoms with Gasteiger partial charge < -0.3 is 5.11 Å². The second kappa shape index (κ2) is 6.87. The Labute approximate surface area is 146 Å². The largest absolute Gasteiger partial charge is 0.393 e. The molecule has 1 heterocycles. The number of hydrogen-bond donors (Lipinski definition) is 2. The van der Waals surface area contributed by atoms with Gasteiger partial charge in [-0.3, -0.25) is 4.68 Å². The van der Waals surface area contributed by atoms with Gasteiger partial charge in [0.25, 0.3) is 0 Å². The predicted molar refractivity (Wildman–Crippen MR) is 93.2 cm³/mol. The van der Waals surface area contributed by atoms with E-state index in [0.717, 1.165) is 10.5 Å². The molecule has 2 N–H and O–H groups in total. The molecule has 1 aliphatic carbocycles. The normalized spacial score (nSPS) is 22.1. The summed E-state index contributed by atoms with van der Waals surface area (Å²) in [5, 5.41) is 13.7. The van der Waals surface area contributed by atoms with Gasteiger partial charge in [0.05, 0.1) is 23.2 Å². The first-order valence-electron chi connectivity index (χ1n) is 7.72. The summed E-state index contributed by atoms with van der Waals surface area (Å²) < 4.78 is 29.9. The highest BCUT2D eigenvalue weighted by molar-refractivity contribution is 7.98. The van der Waals surface area contributed by atoms with Crippen LogP contribution in [0.25, 0.3) is 0 Å². The van der Waals surface area contributed by atoms with Gasteiger partial charge in [-0.2, -0.15) is 5.10 Å². The van der Waals surface area contributed by atoms with Crippen molar-refractivity contribution in [2.75, 3.05) is 6.26 Å². The third-order valence-electron chi connectivity index (χ3n) is 4.36. The molecule has 1 aliphatic rings. The fourth-order valence-corrected chi connectivity index (χ4v) is 4.63. The molecule has 1 atom stereocenters.